The van der Waals surface area contributed by atoms with Crippen molar-refractivity contribution < 1.29 is 10.2 Å². The van der Waals surface area contributed by atoms with E-state index in [0.717, 1.165) is 36.7 Å². The van der Waals surface area contributed by atoms with Crippen molar-refractivity contribution in [1.29, 1.82) is 0 Å². The van der Waals surface area contributed by atoms with E-state index in [1.54, 1.807) is 6.07 Å². The molecular formula is C17H28N2O2. The van der Waals surface area contributed by atoms with Crippen molar-refractivity contribution in [1.82, 2.24) is 10.2 Å². The number of rotatable bonds is 6. The molecule has 0 amide bonds. The van der Waals surface area contributed by atoms with Crippen LogP contribution in [-0.4, -0.2) is 47.4 Å². The number of benzene rings is 1. The maximum atomic E-state index is 10.1. The van der Waals surface area contributed by atoms with E-state index in [9.17, 15) is 10.2 Å². The fourth-order valence-corrected chi connectivity index (χ4v) is 2.84. The Labute approximate surface area is 127 Å². The quantitative estimate of drug-likeness (QED) is 0.749. The van der Waals surface area contributed by atoms with E-state index in [1.807, 2.05) is 19.1 Å². The number of phenolic OH excluding ortho intramolecular Hbond substituents is 1. The smallest absolute Gasteiger partial charge is 0.120 e. The van der Waals surface area contributed by atoms with Crippen LogP contribution in [0.3, 0.4) is 0 Å². The third kappa shape index (κ3) is 5.30. The first-order valence-electron chi connectivity index (χ1n) is 7.94. The fourth-order valence-electron chi connectivity index (χ4n) is 2.84. The molecule has 0 aromatic heterocycles. The Kier molecular flexibility index (Phi) is 6.03. The highest BCUT2D eigenvalue weighted by atomic mass is 16.3. The van der Waals surface area contributed by atoms with E-state index in [4.69, 9.17) is 0 Å². The zero-order valence-electron chi connectivity index (χ0n) is 13.2. The first kappa shape index (κ1) is 16.3. The fraction of sp³-hybridized carbons (Fsp3) is 0.647. The second-order valence-electron chi connectivity index (χ2n) is 6.40. The minimum atomic E-state index is -0.356. The third-order valence-electron chi connectivity index (χ3n) is 4.28. The minimum absolute atomic E-state index is 0.313. The molecule has 1 aromatic carbocycles. The predicted octanol–water partition coefficient (Wildman–Crippen LogP) is 1.88. The summed E-state index contributed by atoms with van der Waals surface area (Å²) in [7, 11) is 0. The van der Waals surface area contributed by atoms with Gasteiger partial charge in [0.2, 0.25) is 0 Å². The Balaban J connectivity index is 1.69. The first-order valence-corrected chi connectivity index (χ1v) is 7.94. The number of phenols is 1. The van der Waals surface area contributed by atoms with Gasteiger partial charge in [-0.3, -0.25) is 0 Å². The van der Waals surface area contributed by atoms with Crippen molar-refractivity contribution in [3.63, 3.8) is 0 Å². The molecule has 4 heteroatoms. The van der Waals surface area contributed by atoms with Gasteiger partial charge in [0.05, 0.1) is 6.10 Å². The topological polar surface area (TPSA) is 55.7 Å². The number of nitrogens with one attached hydrogen (secondary N) is 1. The Morgan fingerprint density at radius 3 is 2.76 bits per heavy atom. The highest BCUT2D eigenvalue weighted by molar-refractivity contribution is 5.35. The highest BCUT2D eigenvalue weighted by Crippen LogP contribution is 2.18. The van der Waals surface area contributed by atoms with Gasteiger partial charge in [0.1, 0.15) is 5.75 Å². The molecule has 1 aliphatic rings. The van der Waals surface area contributed by atoms with E-state index in [1.165, 1.54) is 12.8 Å². The lowest BCUT2D eigenvalue weighted by molar-refractivity contribution is 0.0906. The van der Waals surface area contributed by atoms with Crippen LogP contribution in [0.2, 0.25) is 0 Å². The summed E-state index contributed by atoms with van der Waals surface area (Å²) in [4.78, 5) is 2.34. The lowest BCUT2D eigenvalue weighted by atomic mass is 9.99. The molecule has 0 bridgehead atoms. The lowest BCUT2D eigenvalue weighted by Crippen LogP contribution is -2.41. The van der Waals surface area contributed by atoms with Crippen LogP contribution >= 0.6 is 0 Å². The normalized spacial score (nSPS) is 18.8. The van der Waals surface area contributed by atoms with Gasteiger partial charge in [-0.15, -0.1) is 0 Å². The minimum Gasteiger partial charge on any atom is -0.508 e. The molecule has 1 aromatic rings. The van der Waals surface area contributed by atoms with Crippen molar-refractivity contribution in [3.05, 3.63) is 29.3 Å². The van der Waals surface area contributed by atoms with Crippen LogP contribution in [0.5, 0.6) is 5.75 Å². The van der Waals surface area contributed by atoms with Gasteiger partial charge in [0.15, 0.2) is 0 Å². The molecule has 1 aliphatic heterocycles. The summed E-state index contributed by atoms with van der Waals surface area (Å²) >= 11 is 0. The van der Waals surface area contributed by atoms with Gasteiger partial charge in [-0.25, -0.2) is 0 Å². The van der Waals surface area contributed by atoms with Gasteiger partial charge in [-0.05, 0) is 44.8 Å². The van der Waals surface area contributed by atoms with Gasteiger partial charge in [0, 0.05) is 25.2 Å². The van der Waals surface area contributed by atoms with E-state index >= 15 is 0 Å². The Morgan fingerprint density at radius 2 is 2.05 bits per heavy atom. The summed E-state index contributed by atoms with van der Waals surface area (Å²) in [5.41, 5.74) is 2.02. The largest absolute Gasteiger partial charge is 0.508 e. The summed E-state index contributed by atoms with van der Waals surface area (Å²) in [5, 5.41) is 23.1. The Hall–Kier alpha value is -1.10. The van der Waals surface area contributed by atoms with Crippen LogP contribution in [0.1, 0.15) is 30.9 Å². The van der Waals surface area contributed by atoms with Crippen molar-refractivity contribution in [2.24, 2.45) is 5.92 Å². The molecule has 4 nitrogen and oxygen atoms in total. The number of hydrogen-bond donors (Lipinski definition) is 3. The monoisotopic (exact) mass is 292 g/mol. The number of aliphatic hydroxyl groups excluding tert-OH is 1. The number of likely N-dealkylation sites (tertiary alicyclic amines) is 1. The van der Waals surface area contributed by atoms with Crippen LogP contribution in [-0.2, 0) is 6.54 Å². The number of hydrogen-bond acceptors (Lipinski definition) is 4. The zero-order valence-corrected chi connectivity index (χ0v) is 13.2. The zero-order chi connectivity index (χ0) is 15.2. The number of aliphatic hydroxyl groups is 1. The maximum absolute atomic E-state index is 10.1. The molecule has 0 spiro atoms. The molecule has 21 heavy (non-hydrogen) atoms. The molecule has 3 N–H and O–H groups in total. The molecule has 1 unspecified atom stereocenters. The van der Waals surface area contributed by atoms with Crippen molar-refractivity contribution in [3.8, 4) is 5.75 Å². The molecule has 0 aliphatic carbocycles. The number of piperidine rings is 1. The van der Waals surface area contributed by atoms with E-state index < -0.39 is 0 Å². The Morgan fingerprint density at radius 1 is 1.33 bits per heavy atom. The first-order chi connectivity index (χ1) is 10.0. The van der Waals surface area contributed by atoms with Crippen molar-refractivity contribution in [2.45, 2.75) is 39.3 Å². The third-order valence-corrected chi connectivity index (χ3v) is 4.28. The molecule has 1 heterocycles. The molecule has 2 rings (SSSR count). The summed E-state index contributed by atoms with van der Waals surface area (Å²) in [6.45, 7) is 8.37. The average molecular weight is 292 g/mol. The SMILES string of the molecule is Cc1ccc(O)c(CNCC(O)CN2CCC(C)CC2)c1. The molecule has 0 radical (unpaired) electrons. The van der Waals surface area contributed by atoms with Crippen LogP contribution in [0.15, 0.2) is 18.2 Å². The highest BCUT2D eigenvalue weighted by Gasteiger charge is 2.18. The number of aryl methyl sites for hydroxylation is 1. The molecule has 0 saturated carbocycles. The molecule has 1 atom stereocenters. The van der Waals surface area contributed by atoms with E-state index in [-0.39, 0.29) is 6.10 Å². The lowest BCUT2D eigenvalue weighted by Gasteiger charge is -2.31. The molecule has 1 fully saturated rings. The molecular weight excluding hydrogens is 264 g/mol. The van der Waals surface area contributed by atoms with Gasteiger partial charge in [-0.2, -0.15) is 0 Å². The van der Waals surface area contributed by atoms with Gasteiger partial charge < -0.3 is 20.4 Å². The standard InChI is InChI=1S/C17H28N2O2/c1-13-5-7-19(8-6-13)12-16(20)11-18-10-15-9-14(2)3-4-17(15)21/h3-4,9,13,16,18,20-21H,5-8,10-12H2,1-2H3. The van der Waals surface area contributed by atoms with Gasteiger partial charge >= 0.3 is 0 Å². The molecule has 1 saturated heterocycles. The average Bonchev–Trinajstić information content (AvgIpc) is 2.45. The number of nitrogens with zero attached hydrogens (tertiary/aromatic N) is 1. The predicted molar refractivity (Wildman–Crippen MR) is 85.4 cm³/mol. The van der Waals surface area contributed by atoms with E-state index in [2.05, 4.69) is 17.1 Å². The second kappa shape index (κ2) is 7.78. The Bertz CT molecular complexity index is 442. The van der Waals surface area contributed by atoms with Gasteiger partial charge in [-0.1, -0.05) is 24.6 Å². The molecule has 118 valence electrons. The maximum Gasteiger partial charge on any atom is 0.120 e. The van der Waals surface area contributed by atoms with Crippen LogP contribution in [0.4, 0.5) is 0 Å². The van der Waals surface area contributed by atoms with Crippen molar-refractivity contribution in [2.75, 3.05) is 26.2 Å². The summed E-state index contributed by atoms with van der Waals surface area (Å²) in [6, 6.07) is 5.59. The number of aromatic hydroxyl groups is 1. The van der Waals surface area contributed by atoms with Crippen LogP contribution in [0.25, 0.3) is 0 Å². The summed E-state index contributed by atoms with van der Waals surface area (Å²) in [6.07, 6.45) is 2.11. The summed E-state index contributed by atoms with van der Waals surface area (Å²) in [5.74, 6) is 1.13. The van der Waals surface area contributed by atoms with Crippen LogP contribution < -0.4 is 5.32 Å². The summed E-state index contributed by atoms with van der Waals surface area (Å²) < 4.78 is 0. The van der Waals surface area contributed by atoms with E-state index in [0.29, 0.717) is 18.8 Å². The second-order valence-corrected chi connectivity index (χ2v) is 6.40. The van der Waals surface area contributed by atoms with Crippen molar-refractivity contribution >= 4 is 0 Å². The van der Waals surface area contributed by atoms with Gasteiger partial charge in [0.25, 0.3) is 0 Å². The van der Waals surface area contributed by atoms with Crippen LogP contribution in [0, 0.1) is 12.8 Å². The number of β-amino-alcohol motifs (C(OH)–C–C–N with tert-alkyl or cyclic N) is 1.